The second-order valence-corrected chi connectivity index (χ2v) is 3.75. The first-order valence-corrected chi connectivity index (χ1v) is 5.05. The normalized spacial score (nSPS) is 12.6. The van der Waals surface area contributed by atoms with E-state index in [-0.39, 0.29) is 17.7 Å². The van der Waals surface area contributed by atoms with Gasteiger partial charge < -0.3 is 10.6 Å². The van der Waals surface area contributed by atoms with Crippen molar-refractivity contribution in [3.63, 3.8) is 0 Å². The van der Waals surface area contributed by atoms with Gasteiger partial charge in [-0.2, -0.15) is 0 Å². The molecule has 1 heterocycles. The molecule has 0 fully saturated rings. The summed E-state index contributed by atoms with van der Waals surface area (Å²) >= 11 is 0. The van der Waals surface area contributed by atoms with Gasteiger partial charge in [-0.15, -0.1) is 0 Å². The van der Waals surface area contributed by atoms with Crippen LogP contribution in [0.4, 0.5) is 17.1 Å². The van der Waals surface area contributed by atoms with Gasteiger partial charge in [0.15, 0.2) is 6.29 Å². The fraction of sp³-hybridized carbons (Fsp3) is 0.0909. The van der Waals surface area contributed by atoms with Crippen LogP contribution in [0.1, 0.15) is 5.56 Å². The average Bonchev–Trinajstić information content (AvgIpc) is 2.35. The minimum atomic E-state index is -0.691. The number of nitro groups is 1. The van der Waals surface area contributed by atoms with Crippen LogP contribution in [0.15, 0.2) is 24.0 Å². The fourth-order valence-corrected chi connectivity index (χ4v) is 1.64. The highest BCUT2D eigenvalue weighted by Crippen LogP contribution is 2.33. The van der Waals surface area contributed by atoms with Crippen LogP contribution >= 0.6 is 0 Å². The molecule has 1 aromatic carbocycles. The van der Waals surface area contributed by atoms with Crippen LogP contribution < -0.4 is 10.6 Å². The van der Waals surface area contributed by atoms with Gasteiger partial charge in [-0.25, -0.2) is 0 Å². The van der Waals surface area contributed by atoms with Crippen molar-refractivity contribution in [1.29, 1.82) is 0 Å². The van der Waals surface area contributed by atoms with Crippen molar-refractivity contribution in [3.05, 3.63) is 39.7 Å². The molecule has 7 heteroatoms. The molecule has 92 valence electrons. The van der Waals surface area contributed by atoms with E-state index in [9.17, 15) is 19.7 Å². The minimum absolute atomic E-state index is 0.0124. The monoisotopic (exact) mass is 247 g/mol. The van der Waals surface area contributed by atoms with Crippen LogP contribution in [-0.4, -0.2) is 17.0 Å². The summed E-state index contributed by atoms with van der Waals surface area (Å²) in [6.07, 6.45) is 1.50. The maximum atomic E-state index is 11.2. The first-order valence-electron chi connectivity index (χ1n) is 5.05. The molecular weight excluding hydrogens is 238 g/mol. The maximum Gasteiger partial charge on any atom is 0.274 e. The highest BCUT2D eigenvalue weighted by molar-refractivity contribution is 6.34. The zero-order valence-corrected chi connectivity index (χ0v) is 9.39. The highest BCUT2D eigenvalue weighted by atomic mass is 16.6. The standard InChI is InChI=1S/C11H9N3O4/c1-6-2-8-7(3-10(6)14(17)18)12-4-9(13-8)11(16)5-15/h2-5,12-13H,1H3. The molecule has 1 aromatic rings. The molecule has 0 saturated heterocycles. The number of carbonyl (C=O) groups is 2. The number of carbonyl (C=O) groups excluding carboxylic acids is 2. The number of anilines is 2. The maximum absolute atomic E-state index is 11.2. The van der Waals surface area contributed by atoms with Crippen LogP contribution in [0.25, 0.3) is 0 Å². The molecule has 0 atom stereocenters. The Bertz CT molecular complexity index is 592. The molecule has 0 unspecified atom stereocenters. The molecule has 0 amide bonds. The van der Waals surface area contributed by atoms with E-state index in [1.807, 2.05) is 0 Å². The number of fused-ring (bicyclic) bond motifs is 1. The largest absolute Gasteiger partial charge is 0.358 e. The number of allylic oxidation sites excluding steroid dienone is 1. The van der Waals surface area contributed by atoms with E-state index < -0.39 is 10.7 Å². The second-order valence-electron chi connectivity index (χ2n) is 3.75. The smallest absolute Gasteiger partial charge is 0.274 e. The van der Waals surface area contributed by atoms with Crippen molar-refractivity contribution < 1.29 is 14.5 Å². The van der Waals surface area contributed by atoms with E-state index in [1.54, 1.807) is 13.0 Å². The molecule has 0 spiro atoms. The second kappa shape index (κ2) is 4.28. The molecule has 0 aliphatic carbocycles. The van der Waals surface area contributed by atoms with Gasteiger partial charge in [-0.05, 0) is 13.0 Å². The molecule has 7 nitrogen and oxygen atoms in total. The molecule has 18 heavy (non-hydrogen) atoms. The molecular formula is C11H9N3O4. The molecule has 0 saturated carbocycles. The van der Waals surface area contributed by atoms with Gasteiger partial charge in [0.1, 0.15) is 5.70 Å². The van der Waals surface area contributed by atoms with Gasteiger partial charge >= 0.3 is 0 Å². The quantitative estimate of drug-likeness (QED) is 0.362. The first-order chi connectivity index (χ1) is 8.52. The Balaban J connectivity index is 2.40. The summed E-state index contributed by atoms with van der Waals surface area (Å²) < 4.78 is 0. The average molecular weight is 247 g/mol. The Morgan fingerprint density at radius 2 is 2.11 bits per heavy atom. The number of benzene rings is 1. The number of aldehydes is 1. The molecule has 0 aromatic heterocycles. The number of hydrogen-bond acceptors (Lipinski definition) is 6. The third-order valence-corrected chi connectivity index (χ3v) is 2.55. The molecule has 2 N–H and O–H groups in total. The van der Waals surface area contributed by atoms with Crippen molar-refractivity contribution in [2.24, 2.45) is 0 Å². The van der Waals surface area contributed by atoms with Gasteiger partial charge in [0.25, 0.3) is 5.69 Å². The number of nitrogens with zero attached hydrogens (tertiary/aromatic N) is 1. The van der Waals surface area contributed by atoms with E-state index in [0.29, 0.717) is 16.9 Å². The number of rotatable bonds is 3. The van der Waals surface area contributed by atoms with Gasteiger partial charge in [-0.3, -0.25) is 19.7 Å². The summed E-state index contributed by atoms with van der Waals surface area (Å²) in [4.78, 5) is 31.9. The van der Waals surface area contributed by atoms with Gasteiger partial charge in [-0.1, -0.05) is 0 Å². The number of hydrogen-bond donors (Lipinski definition) is 2. The lowest BCUT2D eigenvalue weighted by atomic mass is 10.1. The molecule has 0 bridgehead atoms. The van der Waals surface area contributed by atoms with E-state index in [4.69, 9.17) is 0 Å². The Morgan fingerprint density at radius 1 is 1.39 bits per heavy atom. The SMILES string of the molecule is Cc1cc2c(cc1[N+](=O)[O-])NC=C(C(=O)C=O)N2. The van der Waals surface area contributed by atoms with Crippen LogP contribution in [0.5, 0.6) is 0 Å². The van der Waals surface area contributed by atoms with Crippen LogP contribution in [0, 0.1) is 17.0 Å². The summed E-state index contributed by atoms with van der Waals surface area (Å²) in [7, 11) is 0. The minimum Gasteiger partial charge on any atom is -0.358 e. The van der Waals surface area contributed by atoms with E-state index in [1.165, 1.54) is 12.3 Å². The zero-order chi connectivity index (χ0) is 13.3. The van der Waals surface area contributed by atoms with E-state index in [0.717, 1.165) is 0 Å². The summed E-state index contributed by atoms with van der Waals surface area (Å²) in [6.45, 7) is 1.60. The zero-order valence-electron chi connectivity index (χ0n) is 9.39. The molecule has 0 radical (unpaired) electrons. The Labute approximate surface area is 102 Å². The van der Waals surface area contributed by atoms with Crippen LogP contribution in [0.2, 0.25) is 0 Å². The topological polar surface area (TPSA) is 101 Å². The van der Waals surface area contributed by atoms with Gasteiger partial charge in [0.2, 0.25) is 5.78 Å². The Kier molecular flexibility index (Phi) is 2.80. The van der Waals surface area contributed by atoms with Crippen LogP contribution in [0.3, 0.4) is 0 Å². The van der Waals surface area contributed by atoms with Crippen LogP contribution in [-0.2, 0) is 9.59 Å². The third kappa shape index (κ3) is 1.93. The Morgan fingerprint density at radius 3 is 2.72 bits per heavy atom. The summed E-state index contributed by atoms with van der Waals surface area (Å²) in [5, 5.41) is 16.3. The number of nitro benzene ring substituents is 1. The molecule has 1 aliphatic heterocycles. The fourth-order valence-electron chi connectivity index (χ4n) is 1.64. The van der Waals surface area contributed by atoms with Crippen molar-refractivity contribution in [2.45, 2.75) is 6.92 Å². The van der Waals surface area contributed by atoms with Crippen molar-refractivity contribution in [3.8, 4) is 0 Å². The number of ketones is 1. The third-order valence-electron chi connectivity index (χ3n) is 2.55. The highest BCUT2D eigenvalue weighted by Gasteiger charge is 2.20. The molecule has 1 aliphatic rings. The van der Waals surface area contributed by atoms with E-state index in [2.05, 4.69) is 10.6 Å². The lowest BCUT2D eigenvalue weighted by molar-refractivity contribution is -0.385. The van der Waals surface area contributed by atoms with Crippen molar-refractivity contribution in [2.75, 3.05) is 10.6 Å². The summed E-state index contributed by atoms with van der Waals surface area (Å²) in [6, 6.07) is 2.92. The van der Waals surface area contributed by atoms with Gasteiger partial charge in [0, 0.05) is 17.8 Å². The van der Waals surface area contributed by atoms with Gasteiger partial charge in [0.05, 0.1) is 16.3 Å². The summed E-state index contributed by atoms with van der Waals surface area (Å²) in [5.74, 6) is -0.691. The number of nitrogens with one attached hydrogen (secondary N) is 2. The predicted octanol–water partition coefficient (Wildman–Crippen LogP) is 1.35. The number of aryl methyl sites for hydroxylation is 1. The van der Waals surface area contributed by atoms with Crippen molar-refractivity contribution >= 4 is 29.1 Å². The Hall–Kier alpha value is -2.70. The summed E-state index contributed by atoms with van der Waals surface area (Å²) in [5.41, 5.74) is 1.56. The molecule has 2 rings (SSSR count). The lowest BCUT2D eigenvalue weighted by Gasteiger charge is -2.18. The van der Waals surface area contributed by atoms with E-state index >= 15 is 0 Å². The predicted molar refractivity (Wildman–Crippen MR) is 64.2 cm³/mol. The number of Topliss-reactive ketones (excluding diaryl/α,β-unsaturated/α-hetero) is 1. The lowest BCUT2D eigenvalue weighted by Crippen LogP contribution is -2.18. The first kappa shape index (κ1) is 11.8. The van der Waals surface area contributed by atoms with Crippen molar-refractivity contribution in [1.82, 2.24) is 0 Å².